The van der Waals surface area contributed by atoms with Crippen LogP contribution in [0.15, 0.2) is 48.5 Å². The summed E-state index contributed by atoms with van der Waals surface area (Å²) in [6, 6.07) is 13.6. The smallest absolute Gasteiger partial charge is 0.410 e. The number of esters is 1. The largest absolute Gasteiger partial charge is 0.508 e. The molecule has 0 bridgehead atoms. The lowest BCUT2D eigenvalue weighted by Crippen LogP contribution is -2.36. The Morgan fingerprint density at radius 2 is 1.88 bits per heavy atom. The van der Waals surface area contributed by atoms with Gasteiger partial charge in [-0.15, -0.1) is 0 Å². The highest BCUT2D eigenvalue weighted by Gasteiger charge is 2.21. The van der Waals surface area contributed by atoms with Crippen LogP contribution in [0, 0.1) is 0 Å². The van der Waals surface area contributed by atoms with Crippen LogP contribution < -0.4 is 0 Å². The van der Waals surface area contributed by atoms with Gasteiger partial charge in [0, 0.05) is 10.6 Å². The first kappa shape index (κ1) is 18.6. The van der Waals surface area contributed by atoms with Gasteiger partial charge in [0.15, 0.2) is 0 Å². The number of hydrogen-bond donors (Lipinski definition) is 1. The highest BCUT2D eigenvalue weighted by atomic mass is 35.5. The number of benzene rings is 2. The van der Waals surface area contributed by atoms with Crippen molar-refractivity contribution >= 4 is 23.7 Å². The van der Waals surface area contributed by atoms with Crippen LogP contribution in [-0.4, -0.2) is 35.7 Å². The molecule has 0 saturated carbocycles. The summed E-state index contributed by atoms with van der Waals surface area (Å²) in [5.41, 5.74) is 1.22. The van der Waals surface area contributed by atoms with Crippen LogP contribution >= 0.6 is 11.6 Å². The van der Waals surface area contributed by atoms with Crippen molar-refractivity contribution in [2.24, 2.45) is 0 Å². The van der Waals surface area contributed by atoms with E-state index in [1.807, 2.05) is 30.3 Å². The Bertz CT molecular complexity index is 736. The number of aromatic hydroxyl groups is 1. The molecule has 0 aliphatic rings. The monoisotopic (exact) mass is 363 g/mol. The Morgan fingerprint density at radius 3 is 2.56 bits per heavy atom. The summed E-state index contributed by atoms with van der Waals surface area (Å²) in [4.78, 5) is 25.1. The molecule has 132 valence electrons. The quantitative estimate of drug-likeness (QED) is 0.796. The molecule has 0 spiro atoms. The summed E-state index contributed by atoms with van der Waals surface area (Å²) >= 11 is 5.92. The van der Waals surface area contributed by atoms with Gasteiger partial charge in [-0.05, 0) is 23.8 Å². The molecule has 0 aromatic heterocycles. The average Bonchev–Trinajstić information content (AvgIpc) is 2.62. The first-order valence-corrected chi connectivity index (χ1v) is 7.87. The number of hydrogen-bond acceptors (Lipinski definition) is 5. The number of methoxy groups -OCH3 is 1. The highest BCUT2D eigenvalue weighted by Crippen LogP contribution is 2.23. The minimum atomic E-state index is -0.700. The Labute approximate surface area is 150 Å². The Hall–Kier alpha value is -2.73. The van der Waals surface area contributed by atoms with Crippen molar-refractivity contribution < 1.29 is 24.2 Å². The normalized spacial score (nSPS) is 10.2. The molecular weight excluding hydrogens is 346 g/mol. The van der Waals surface area contributed by atoms with E-state index in [1.54, 1.807) is 0 Å². The number of ether oxygens (including phenoxy) is 2. The lowest BCUT2D eigenvalue weighted by atomic mass is 10.2. The van der Waals surface area contributed by atoms with Crippen LogP contribution in [-0.2, 0) is 27.4 Å². The number of carbonyl (C=O) groups is 2. The molecule has 6 nitrogen and oxygen atoms in total. The zero-order valence-electron chi connectivity index (χ0n) is 13.6. The molecule has 0 radical (unpaired) electrons. The molecule has 0 unspecified atom stereocenters. The lowest BCUT2D eigenvalue weighted by molar-refractivity contribution is -0.141. The van der Waals surface area contributed by atoms with Gasteiger partial charge in [-0.2, -0.15) is 0 Å². The summed E-state index contributed by atoms with van der Waals surface area (Å²) in [6.07, 6.45) is -0.700. The van der Waals surface area contributed by atoms with Crippen LogP contribution in [0.5, 0.6) is 5.75 Å². The SMILES string of the molecule is COC(=O)CN(Cc1cc(Cl)ccc1O)C(=O)OCc1ccccc1. The molecular formula is C18H18ClNO5. The van der Waals surface area contributed by atoms with Crippen molar-refractivity contribution in [3.63, 3.8) is 0 Å². The number of carbonyl (C=O) groups excluding carboxylic acids is 2. The van der Waals surface area contributed by atoms with Crippen LogP contribution in [0.25, 0.3) is 0 Å². The van der Waals surface area contributed by atoms with E-state index >= 15 is 0 Å². The zero-order chi connectivity index (χ0) is 18.2. The first-order chi connectivity index (χ1) is 12.0. The predicted molar refractivity (Wildman–Crippen MR) is 92.2 cm³/mol. The third-order valence-electron chi connectivity index (χ3n) is 3.41. The Kier molecular flexibility index (Phi) is 6.65. The van der Waals surface area contributed by atoms with Crippen molar-refractivity contribution in [2.75, 3.05) is 13.7 Å². The van der Waals surface area contributed by atoms with Gasteiger partial charge >= 0.3 is 12.1 Å². The van der Waals surface area contributed by atoms with E-state index in [-0.39, 0.29) is 25.4 Å². The average molecular weight is 364 g/mol. The van der Waals surface area contributed by atoms with Crippen LogP contribution in [0.3, 0.4) is 0 Å². The minimum Gasteiger partial charge on any atom is -0.508 e. The molecule has 0 fully saturated rings. The van der Waals surface area contributed by atoms with Crippen molar-refractivity contribution in [2.45, 2.75) is 13.2 Å². The van der Waals surface area contributed by atoms with Gasteiger partial charge in [-0.1, -0.05) is 41.9 Å². The molecule has 0 atom stereocenters. The minimum absolute atomic E-state index is 0.0323. The number of rotatable bonds is 6. The molecule has 2 aromatic carbocycles. The number of phenolic OH excluding ortho intramolecular Hbond substituents is 1. The molecule has 0 saturated heterocycles. The second-order valence-electron chi connectivity index (χ2n) is 5.25. The third-order valence-corrected chi connectivity index (χ3v) is 3.65. The van der Waals surface area contributed by atoms with E-state index in [4.69, 9.17) is 16.3 Å². The Morgan fingerprint density at radius 1 is 1.16 bits per heavy atom. The predicted octanol–water partition coefficient (Wildman–Crippen LogP) is 3.36. The maximum Gasteiger partial charge on any atom is 0.410 e. The Balaban J connectivity index is 2.09. The lowest BCUT2D eigenvalue weighted by Gasteiger charge is -2.21. The standard InChI is InChI=1S/C18H18ClNO5/c1-24-17(22)11-20(10-14-9-15(19)7-8-16(14)21)18(23)25-12-13-5-3-2-4-6-13/h2-9,21H,10-12H2,1H3. The maximum absolute atomic E-state index is 12.3. The van der Waals surface area contributed by atoms with Gasteiger partial charge in [0.25, 0.3) is 0 Å². The van der Waals surface area contributed by atoms with E-state index in [0.717, 1.165) is 10.5 Å². The maximum atomic E-state index is 12.3. The summed E-state index contributed by atoms with van der Waals surface area (Å²) in [6.45, 7) is -0.288. The highest BCUT2D eigenvalue weighted by molar-refractivity contribution is 6.30. The van der Waals surface area contributed by atoms with Crippen molar-refractivity contribution in [1.82, 2.24) is 4.90 Å². The van der Waals surface area contributed by atoms with E-state index in [1.165, 1.54) is 25.3 Å². The molecule has 2 aromatic rings. The van der Waals surface area contributed by atoms with Crippen LogP contribution in [0.1, 0.15) is 11.1 Å². The summed E-state index contributed by atoms with van der Waals surface area (Å²) in [5, 5.41) is 10.3. The van der Waals surface area contributed by atoms with E-state index in [9.17, 15) is 14.7 Å². The van der Waals surface area contributed by atoms with Crippen LogP contribution in [0.4, 0.5) is 4.79 Å². The molecule has 0 aliphatic heterocycles. The van der Waals surface area contributed by atoms with Crippen LogP contribution in [0.2, 0.25) is 5.02 Å². The van der Waals surface area contributed by atoms with Gasteiger partial charge in [0.1, 0.15) is 18.9 Å². The van der Waals surface area contributed by atoms with Gasteiger partial charge in [-0.3, -0.25) is 9.69 Å². The van der Waals surface area contributed by atoms with Gasteiger partial charge < -0.3 is 14.6 Å². The molecule has 2 rings (SSSR count). The molecule has 1 amide bonds. The number of phenols is 1. The molecule has 0 aliphatic carbocycles. The van der Waals surface area contributed by atoms with Gasteiger partial charge in [0.2, 0.25) is 0 Å². The van der Waals surface area contributed by atoms with Crippen molar-refractivity contribution in [3.05, 3.63) is 64.7 Å². The summed E-state index contributed by atoms with van der Waals surface area (Å²) in [5.74, 6) is -0.631. The molecule has 0 heterocycles. The first-order valence-electron chi connectivity index (χ1n) is 7.49. The second kappa shape index (κ2) is 8.94. The van der Waals surface area contributed by atoms with Gasteiger partial charge in [0.05, 0.1) is 13.7 Å². The van der Waals surface area contributed by atoms with Gasteiger partial charge in [-0.25, -0.2) is 4.79 Å². The summed E-state index contributed by atoms with van der Waals surface area (Å²) in [7, 11) is 1.23. The van der Waals surface area contributed by atoms with Crippen molar-refractivity contribution in [3.8, 4) is 5.75 Å². The van der Waals surface area contributed by atoms with E-state index in [2.05, 4.69) is 4.74 Å². The molecule has 7 heteroatoms. The number of halogens is 1. The van der Waals surface area contributed by atoms with Crippen molar-refractivity contribution in [1.29, 1.82) is 0 Å². The van der Waals surface area contributed by atoms with E-state index in [0.29, 0.717) is 10.6 Å². The molecule has 1 N–H and O–H groups in total. The number of amides is 1. The second-order valence-corrected chi connectivity index (χ2v) is 5.68. The fourth-order valence-corrected chi connectivity index (χ4v) is 2.30. The molecule has 25 heavy (non-hydrogen) atoms. The fraction of sp³-hybridized carbons (Fsp3) is 0.222. The van der Waals surface area contributed by atoms with E-state index < -0.39 is 12.1 Å². The summed E-state index contributed by atoms with van der Waals surface area (Å²) < 4.78 is 9.85. The zero-order valence-corrected chi connectivity index (χ0v) is 14.4. The fourth-order valence-electron chi connectivity index (χ4n) is 2.10. The third kappa shape index (κ3) is 5.69. The number of nitrogens with zero attached hydrogens (tertiary/aromatic N) is 1. The topological polar surface area (TPSA) is 76.1 Å².